The molecule has 7 heteroatoms. The van der Waals surface area contributed by atoms with Crippen LogP contribution in [0.4, 0.5) is 0 Å². The molecule has 5 nitrogen and oxygen atoms in total. The van der Waals surface area contributed by atoms with E-state index < -0.39 is 233 Å². The molecule has 0 fully saturated rings. The summed E-state index contributed by atoms with van der Waals surface area (Å²) in [6, 6.07) is 16.8. The quantitative estimate of drug-likeness (QED) is 0.0471. The van der Waals surface area contributed by atoms with Crippen molar-refractivity contribution >= 4 is 61.7 Å². The second kappa shape index (κ2) is 26.7. The van der Waals surface area contributed by atoms with Gasteiger partial charge in [-0.3, -0.25) is 4.57 Å². The molecule has 0 saturated heterocycles. The number of benzene rings is 13. The first-order valence-electron chi connectivity index (χ1n) is 47.5. The number of nitrogens with zero attached hydrogens (tertiary/aromatic N) is 4. The maximum Gasteiger partial charge on any atom is 0.268 e. The number of aromatic nitrogens is 4. The van der Waals surface area contributed by atoms with Gasteiger partial charge < -0.3 is 13.9 Å². The van der Waals surface area contributed by atoms with E-state index in [9.17, 15) is 24.7 Å². The molecule has 3 heterocycles. The fourth-order valence-corrected chi connectivity index (χ4v) is 16.1. The molecule has 16 rings (SSSR count). The zero-order valence-electron chi connectivity index (χ0n) is 86.4. The second-order valence-corrected chi connectivity index (χ2v) is 29.1. The van der Waals surface area contributed by atoms with E-state index in [1.54, 1.807) is 88.0 Å². The standard InChI is InChI=1S/C93H74N4OSi.Pt/c1-64-54-90(94-62-85(64)67-30-15-9-16-31-67)97-86-45-24-23-44-81(86)82-52-51-76(61-88(82)97)98-75-36-27-35-74(60-75)95-63-96(87-53-48-68(59-89(87)95)66-46-49-72(50-47-66)92(2,3)4)91-83(69-32-25-34-73(55-69)93(5,6)7)57-71(65-28-13-8-14-29-65)58-84(91)70-33-26-43-80(56-70)99(77-37-17-10-18-38-77,78-39-19-11-20-40-78)79-41-21-12-22-42-79;/h8-59,62H,1-7H3;/q-2;/i1D3,8D,9D,10D,11D,12D,13D,14D,15D,16D,17D,18D,19D,20D,21D,22D,26D,28D,29D,30D,31D,33D,37D,38D,39D,40D,41D,42D,43D,56D;. The fraction of sp³-hybridized carbons (Fsp3) is 0.0968. The zero-order valence-corrected chi connectivity index (χ0v) is 57.6. The molecule has 0 aliphatic rings. The summed E-state index contributed by atoms with van der Waals surface area (Å²) < 4.78 is 313. The molecule has 16 aromatic rings. The first-order chi connectivity index (χ1) is 61.5. The molecule has 13 aromatic carbocycles. The molecule has 3 aromatic heterocycles. The number of ether oxygens (including phenoxy) is 1. The van der Waals surface area contributed by atoms with Crippen molar-refractivity contribution in [3.05, 3.63) is 356 Å². The summed E-state index contributed by atoms with van der Waals surface area (Å²) in [6.45, 7) is 9.05. The largest absolute Gasteiger partial charge is 0.510 e. The van der Waals surface area contributed by atoms with Crippen LogP contribution < -0.4 is 30.1 Å². The van der Waals surface area contributed by atoms with E-state index in [-0.39, 0.29) is 94.1 Å². The van der Waals surface area contributed by atoms with Crippen LogP contribution in [0, 0.1) is 25.3 Å². The molecule has 488 valence electrons. The minimum absolute atomic E-state index is 0. The number of rotatable bonds is 14. The number of hydrogen-bond acceptors (Lipinski definition) is 2. The second-order valence-electron chi connectivity index (χ2n) is 25.6. The Morgan fingerprint density at radius 3 is 1.70 bits per heavy atom. The van der Waals surface area contributed by atoms with E-state index in [2.05, 4.69) is 39.2 Å². The average molecular weight is 1520 g/mol. The number of aryl methyl sites for hydroxylation is 1. The van der Waals surface area contributed by atoms with Gasteiger partial charge in [0.05, 0.1) is 56.5 Å². The van der Waals surface area contributed by atoms with Crippen LogP contribution in [0.25, 0.3) is 106 Å². The number of fused-ring (bicyclic) bond motifs is 4. The molecule has 0 bridgehead atoms. The molecule has 0 unspecified atom stereocenters. The van der Waals surface area contributed by atoms with Crippen molar-refractivity contribution in [1.82, 2.24) is 14.1 Å². The Morgan fingerprint density at radius 2 is 1.04 bits per heavy atom. The SMILES string of the molecule is [2H]c1c([2H])c([2H])c(-c2cc(-c3cccc(C(C)(C)C)c3)c(-[n+]3[c-]n(-c4[c-]c(Oc5[c-]c6c(cc5)c5ccccc5n6-c5cc(C([2H])([2H])[2H])c(-c6c([2H])c([2H])c([2H])c([2H])c6[2H])cn5)ccc4)c4cc(-c5ccc(C(C)(C)C)cc5)ccc43)c(-c3c([2H])c([2H])c([2H])c([Si](c4c([2H])c([2H])c([2H])c([2H])c4[2H])(c4c([2H])c([2H])c([2H])c([2H])c4[2H])c4c([2H])c([2H])c([2H])c([2H])c4[2H])c3[2H])c2)c([2H])c1[2H].[Pt]. The van der Waals surface area contributed by atoms with Gasteiger partial charge in [0.2, 0.25) is 0 Å². The Labute approximate surface area is 647 Å². The molecular weight excluding hydrogens is 1410 g/mol. The van der Waals surface area contributed by atoms with E-state index >= 15 is 0 Å². The van der Waals surface area contributed by atoms with Crippen molar-refractivity contribution < 1.29 is 74.2 Å². The average Bonchev–Trinajstić information content (AvgIpc) is 0.838. The number of pyridine rings is 1. The van der Waals surface area contributed by atoms with Crippen LogP contribution in [0.1, 0.15) is 102 Å². The van der Waals surface area contributed by atoms with Crippen LogP contribution in [0.2, 0.25) is 0 Å². The summed E-state index contributed by atoms with van der Waals surface area (Å²) in [6.07, 6.45) is 4.70. The third kappa shape index (κ3) is 12.1. The van der Waals surface area contributed by atoms with Crippen LogP contribution in [0.5, 0.6) is 11.5 Å². The normalized spacial score (nSPS) is 16.5. The van der Waals surface area contributed by atoms with E-state index in [1.165, 1.54) is 22.8 Å². The van der Waals surface area contributed by atoms with Crippen molar-refractivity contribution in [2.24, 2.45) is 0 Å². The van der Waals surface area contributed by atoms with Crippen molar-refractivity contribution in [3.8, 4) is 84.3 Å². The summed E-state index contributed by atoms with van der Waals surface area (Å²) in [4.78, 5) is 4.72. The van der Waals surface area contributed by atoms with Crippen molar-refractivity contribution in [2.75, 3.05) is 0 Å². The molecule has 0 aliphatic carbocycles. The van der Waals surface area contributed by atoms with Crippen LogP contribution in [-0.4, -0.2) is 22.2 Å². The first kappa shape index (κ1) is 37.8. The predicted octanol–water partition coefficient (Wildman–Crippen LogP) is 20.2. The summed E-state index contributed by atoms with van der Waals surface area (Å²) >= 11 is 0. The van der Waals surface area contributed by atoms with Gasteiger partial charge in [0.25, 0.3) is 6.33 Å². The van der Waals surface area contributed by atoms with Gasteiger partial charge in [-0.05, 0) is 147 Å². The van der Waals surface area contributed by atoms with Crippen molar-refractivity contribution in [3.63, 3.8) is 0 Å². The summed E-state index contributed by atoms with van der Waals surface area (Å²) in [5.41, 5.74) is 0.930. The van der Waals surface area contributed by atoms with Crippen LogP contribution in [-0.2, 0) is 31.9 Å². The number of para-hydroxylation sites is 1. The van der Waals surface area contributed by atoms with Gasteiger partial charge >= 0.3 is 0 Å². The Hall–Kier alpha value is -11.0. The van der Waals surface area contributed by atoms with Gasteiger partial charge in [-0.25, -0.2) is 4.98 Å². The molecule has 0 spiro atoms. The topological polar surface area (TPSA) is 35.9 Å². The van der Waals surface area contributed by atoms with E-state index in [0.29, 0.717) is 38.4 Å². The molecule has 100 heavy (non-hydrogen) atoms. The molecule has 0 aliphatic heterocycles. The maximum absolute atomic E-state index is 11.4. The fourth-order valence-electron chi connectivity index (χ4n) is 12.6. The van der Waals surface area contributed by atoms with Gasteiger partial charge in [0.1, 0.15) is 5.82 Å². The van der Waals surface area contributed by atoms with Crippen LogP contribution in [0.15, 0.2) is 321 Å². The minimum atomic E-state index is -6.58. The van der Waals surface area contributed by atoms with E-state index in [1.807, 2.05) is 63.2 Å². The molecule has 0 N–H and O–H groups in total. The van der Waals surface area contributed by atoms with Crippen molar-refractivity contribution in [2.45, 2.75) is 59.2 Å². The molecule has 0 saturated carbocycles. The van der Waals surface area contributed by atoms with Crippen LogP contribution in [0.3, 0.4) is 0 Å². The Bertz CT molecular complexity index is 7330. The third-order valence-corrected chi connectivity index (χ3v) is 21.5. The third-order valence-electron chi connectivity index (χ3n) is 17.5. The number of hydrogen-bond donors (Lipinski definition) is 0. The first-order valence-corrected chi connectivity index (χ1v) is 33.5. The van der Waals surface area contributed by atoms with E-state index in [4.69, 9.17) is 28.9 Å². The van der Waals surface area contributed by atoms with Gasteiger partial charge in [-0.1, -0.05) is 301 Å². The molecular formula is C93H74N4OPtSi-2. The predicted molar refractivity (Wildman–Crippen MR) is 413 cm³/mol. The molecule has 0 amide bonds. The Morgan fingerprint density at radius 1 is 0.450 bits per heavy atom. The maximum atomic E-state index is 11.4. The van der Waals surface area contributed by atoms with E-state index in [0.717, 1.165) is 17.3 Å². The van der Waals surface area contributed by atoms with Gasteiger partial charge in [0, 0.05) is 54.0 Å². The Balaban J connectivity index is 0.0000133. The zero-order chi connectivity index (χ0) is 95.1. The Kier molecular flexibility index (Phi) is 10.1. The van der Waals surface area contributed by atoms with Gasteiger partial charge in [-0.2, -0.15) is 18.2 Å². The smallest absolute Gasteiger partial charge is 0.268 e. The monoisotopic (exact) mass is 1520 g/mol. The number of imidazole rings is 1. The summed E-state index contributed by atoms with van der Waals surface area (Å²) in [5, 5.41) is -3.16. The van der Waals surface area contributed by atoms with Gasteiger partial charge in [-0.15, -0.1) is 29.7 Å². The molecule has 0 radical (unpaired) electrons. The molecule has 0 atom stereocenters. The van der Waals surface area contributed by atoms with Crippen LogP contribution >= 0.6 is 0 Å². The van der Waals surface area contributed by atoms with Crippen molar-refractivity contribution in [1.29, 1.82) is 0 Å². The summed E-state index contributed by atoms with van der Waals surface area (Å²) in [7, 11) is -6.58. The summed E-state index contributed by atoms with van der Waals surface area (Å²) in [5.74, 6) is 0.160. The van der Waals surface area contributed by atoms with Gasteiger partial charge in [0.15, 0.2) is 8.07 Å². The minimum Gasteiger partial charge on any atom is -0.510 e.